The van der Waals surface area contributed by atoms with Crippen LogP contribution < -0.4 is 0 Å². The van der Waals surface area contributed by atoms with Gasteiger partial charge < -0.3 is 13.9 Å². The third-order valence-electron chi connectivity index (χ3n) is 5.60. The highest BCUT2D eigenvalue weighted by atomic mass is 32.2. The number of imidazole rings is 1. The maximum Gasteiger partial charge on any atom is 0.257 e. The molecule has 4 rings (SSSR count). The van der Waals surface area contributed by atoms with Crippen LogP contribution in [0, 0.1) is 11.7 Å². The molecule has 0 N–H and O–H groups in total. The molecule has 0 radical (unpaired) electrons. The van der Waals surface area contributed by atoms with Gasteiger partial charge >= 0.3 is 0 Å². The molecular formula is C27H28FN3O4S. The zero-order valence-electron chi connectivity index (χ0n) is 20.2. The van der Waals surface area contributed by atoms with Gasteiger partial charge in [0.1, 0.15) is 11.6 Å². The zero-order chi connectivity index (χ0) is 25.7. The van der Waals surface area contributed by atoms with Crippen molar-refractivity contribution >= 4 is 15.7 Å². The third-order valence-corrected chi connectivity index (χ3v) is 7.19. The number of amides is 1. The van der Waals surface area contributed by atoms with Gasteiger partial charge in [0.2, 0.25) is 15.0 Å². The van der Waals surface area contributed by atoms with Gasteiger partial charge in [0.05, 0.1) is 42.6 Å². The normalized spacial score (nSPS) is 11.7. The molecule has 2 aromatic carbocycles. The average Bonchev–Trinajstić information content (AvgIpc) is 3.49. The Bertz CT molecular complexity index is 1410. The number of hydrogen-bond donors (Lipinski definition) is 0. The van der Waals surface area contributed by atoms with Crippen LogP contribution >= 0.6 is 0 Å². The van der Waals surface area contributed by atoms with Gasteiger partial charge in [-0.1, -0.05) is 56.3 Å². The number of furan rings is 1. The van der Waals surface area contributed by atoms with E-state index in [0.29, 0.717) is 23.6 Å². The van der Waals surface area contributed by atoms with E-state index in [2.05, 4.69) is 4.98 Å². The van der Waals surface area contributed by atoms with Crippen LogP contribution in [0.5, 0.6) is 0 Å². The van der Waals surface area contributed by atoms with Crippen LogP contribution in [0.25, 0.3) is 0 Å². The summed E-state index contributed by atoms with van der Waals surface area (Å²) in [5, 5.41) is -0.0497. The van der Waals surface area contributed by atoms with E-state index in [1.165, 1.54) is 35.6 Å². The second-order valence-corrected chi connectivity index (χ2v) is 10.9. The summed E-state index contributed by atoms with van der Waals surface area (Å²) in [6.45, 7) is 4.44. The summed E-state index contributed by atoms with van der Waals surface area (Å²) in [7, 11) is -3.76. The number of benzene rings is 2. The minimum Gasteiger partial charge on any atom is -0.467 e. The Labute approximate surface area is 210 Å². The first-order valence-electron chi connectivity index (χ1n) is 11.6. The van der Waals surface area contributed by atoms with Crippen molar-refractivity contribution in [2.75, 3.05) is 0 Å². The second kappa shape index (κ2) is 10.9. The van der Waals surface area contributed by atoms with Crippen molar-refractivity contribution in [3.8, 4) is 0 Å². The Kier molecular flexibility index (Phi) is 7.69. The first kappa shape index (κ1) is 25.4. The fourth-order valence-corrected chi connectivity index (χ4v) is 5.48. The predicted octanol–water partition coefficient (Wildman–Crippen LogP) is 5.09. The lowest BCUT2D eigenvalue weighted by Crippen LogP contribution is -2.32. The molecule has 0 fully saturated rings. The molecule has 2 aromatic heterocycles. The standard InChI is InChI=1S/C27H28FN3O4S/c1-20(2)16-31-22(15-29-27(31)36(33,34)19-21-9-4-3-5-10-21)17-30(18-23-11-8-14-35-23)26(32)24-12-6-7-13-25(24)28/h3-15,20H,16-19H2,1-2H3. The van der Waals surface area contributed by atoms with E-state index < -0.39 is 21.6 Å². The van der Waals surface area contributed by atoms with E-state index in [4.69, 9.17) is 4.42 Å². The number of aromatic nitrogens is 2. The van der Waals surface area contributed by atoms with Gasteiger partial charge in [0.15, 0.2) is 0 Å². The van der Waals surface area contributed by atoms with Crippen LogP contribution in [-0.2, 0) is 35.2 Å². The molecule has 0 aliphatic carbocycles. The van der Waals surface area contributed by atoms with Crippen LogP contribution in [0.15, 0.2) is 88.8 Å². The highest BCUT2D eigenvalue weighted by Crippen LogP contribution is 2.22. The molecule has 0 spiro atoms. The number of carbonyl (C=O) groups is 1. The predicted molar refractivity (Wildman–Crippen MR) is 133 cm³/mol. The van der Waals surface area contributed by atoms with E-state index in [1.807, 2.05) is 19.9 Å². The molecule has 188 valence electrons. The minimum absolute atomic E-state index is 0.0223. The van der Waals surface area contributed by atoms with Gasteiger partial charge in [-0.3, -0.25) is 4.79 Å². The molecule has 1 amide bonds. The highest BCUT2D eigenvalue weighted by Gasteiger charge is 2.27. The number of nitrogens with zero attached hydrogens (tertiary/aromatic N) is 3. The second-order valence-electron chi connectivity index (χ2n) is 9.00. The van der Waals surface area contributed by atoms with E-state index >= 15 is 0 Å². The number of halogens is 1. The van der Waals surface area contributed by atoms with Crippen molar-refractivity contribution in [2.45, 2.75) is 44.4 Å². The summed E-state index contributed by atoms with van der Waals surface area (Å²) >= 11 is 0. The topological polar surface area (TPSA) is 85.4 Å². The lowest BCUT2D eigenvalue weighted by atomic mass is 10.1. The smallest absolute Gasteiger partial charge is 0.257 e. The van der Waals surface area contributed by atoms with Crippen molar-refractivity contribution in [1.82, 2.24) is 14.5 Å². The van der Waals surface area contributed by atoms with E-state index in [0.717, 1.165) is 0 Å². The lowest BCUT2D eigenvalue weighted by molar-refractivity contribution is 0.0708. The Morgan fingerprint density at radius 1 is 1.03 bits per heavy atom. The van der Waals surface area contributed by atoms with Crippen molar-refractivity contribution in [1.29, 1.82) is 0 Å². The molecule has 2 heterocycles. The molecule has 0 saturated heterocycles. The SMILES string of the molecule is CC(C)Cn1c(CN(Cc2ccco2)C(=O)c2ccccc2F)cnc1S(=O)(=O)Cc1ccccc1. The van der Waals surface area contributed by atoms with Gasteiger partial charge in [0, 0.05) is 6.54 Å². The van der Waals surface area contributed by atoms with Gasteiger partial charge in [-0.2, -0.15) is 0 Å². The summed E-state index contributed by atoms with van der Waals surface area (Å²) < 4.78 is 48.2. The third kappa shape index (κ3) is 5.91. The fraction of sp³-hybridized carbons (Fsp3) is 0.259. The first-order valence-corrected chi connectivity index (χ1v) is 13.3. The Hall–Kier alpha value is -3.72. The first-order chi connectivity index (χ1) is 17.2. The molecule has 36 heavy (non-hydrogen) atoms. The number of sulfone groups is 1. The Morgan fingerprint density at radius 3 is 2.42 bits per heavy atom. The molecule has 0 bridgehead atoms. The number of hydrogen-bond acceptors (Lipinski definition) is 5. The van der Waals surface area contributed by atoms with Gasteiger partial charge in [-0.25, -0.2) is 17.8 Å². The molecule has 0 unspecified atom stereocenters. The summed E-state index contributed by atoms with van der Waals surface area (Å²) in [6, 6.07) is 18.1. The quantitative estimate of drug-likeness (QED) is 0.297. The van der Waals surface area contributed by atoms with Crippen molar-refractivity contribution in [2.24, 2.45) is 5.92 Å². The Balaban J connectivity index is 1.70. The molecule has 0 aliphatic rings. The number of rotatable bonds is 10. The minimum atomic E-state index is -3.76. The maximum absolute atomic E-state index is 14.5. The van der Waals surface area contributed by atoms with Crippen molar-refractivity contribution in [3.63, 3.8) is 0 Å². The van der Waals surface area contributed by atoms with Crippen LogP contribution in [0.4, 0.5) is 4.39 Å². The summed E-state index contributed by atoms with van der Waals surface area (Å²) in [6.07, 6.45) is 2.97. The molecule has 0 aliphatic heterocycles. The van der Waals surface area contributed by atoms with E-state index in [1.54, 1.807) is 47.0 Å². The monoisotopic (exact) mass is 509 g/mol. The zero-order valence-corrected chi connectivity index (χ0v) is 21.0. The summed E-state index contributed by atoms with van der Waals surface area (Å²) in [4.78, 5) is 19.1. The molecule has 0 saturated carbocycles. The van der Waals surface area contributed by atoms with E-state index in [-0.39, 0.29) is 35.5 Å². The highest BCUT2D eigenvalue weighted by molar-refractivity contribution is 7.90. The maximum atomic E-state index is 14.5. The number of carbonyl (C=O) groups excluding carboxylic acids is 1. The van der Waals surface area contributed by atoms with Gasteiger partial charge in [0.25, 0.3) is 5.91 Å². The van der Waals surface area contributed by atoms with Crippen LogP contribution in [0.1, 0.15) is 41.2 Å². The Morgan fingerprint density at radius 2 is 1.75 bits per heavy atom. The largest absolute Gasteiger partial charge is 0.467 e. The molecule has 4 aromatic rings. The summed E-state index contributed by atoms with van der Waals surface area (Å²) in [5.41, 5.74) is 1.12. The lowest BCUT2D eigenvalue weighted by Gasteiger charge is -2.23. The van der Waals surface area contributed by atoms with Crippen LogP contribution in [0.2, 0.25) is 0 Å². The molecular weight excluding hydrogens is 481 g/mol. The van der Waals surface area contributed by atoms with Crippen LogP contribution in [0.3, 0.4) is 0 Å². The average molecular weight is 510 g/mol. The van der Waals surface area contributed by atoms with Crippen LogP contribution in [-0.4, -0.2) is 28.8 Å². The molecule has 0 atom stereocenters. The van der Waals surface area contributed by atoms with Crippen molar-refractivity contribution < 1.29 is 22.0 Å². The van der Waals surface area contributed by atoms with Crippen molar-refractivity contribution in [3.05, 3.63) is 108 Å². The van der Waals surface area contributed by atoms with Gasteiger partial charge in [-0.05, 0) is 35.7 Å². The van der Waals surface area contributed by atoms with E-state index in [9.17, 15) is 17.6 Å². The molecule has 7 nitrogen and oxygen atoms in total. The summed E-state index contributed by atoms with van der Waals surface area (Å²) in [5.74, 6) is -0.715. The fourth-order valence-electron chi connectivity index (χ4n) is 3.98. The van der Waals surface area contributed by atoms with Gasteiger partial charge in [-0.15, -0.1) is 0 Å². The molecule has 9 heteroatoms.